The van der Waals surface area contributed by atoms with Gasteiger partial charge < -0.3 is 5.11 Å². The van der Waals surface area contributed by atoms with Crippen LogP contribution in [-0.2, 0) is 5.60 Å². The highest BCUT2D eigenvalue weighted by Crippen LogP contribution is 2.63. The Bertz CT molecular complexity index is 566. The van der Waals surface area contributed by atoms with Crippen molar-refractivity contribution in [2.24, 2.45) is 17.3 Å². The number of fused-ring (bicyclic) bond motifs is 2. The van der Waals surface area contributed by atoms with E-state index in [9.17, 15) is 14.8 Å². The van der Waals surface area contributed by atoms with Gasteiger partial charge in [0.15, 0.2) is 0 Å². The molecule has 2 bridgehead atoms. The monoisotopic (exact) mass is 273 g/mol. The summed E-state index contributed by atoms with van der Waals surface area (Å²) in [6.07, 6.45) is 4.20. The number of nitrogens with zero attached hydrogens (tertiary/aromatic N) is 1. The number of halogens is 1. The predicted molar refractivity (Wildman–Crippen MR) is 74.1 cm³/mol. The highest BCUT2D eigenvalue weighted by molar-refractivity contribution is 5.33. The molecule has 2 aliphatic carbocycles. The van der Waals surface area contributed by atoms with Crippen molar-refractivity contribution in [1.29, 1.82) is 5.26 Å². The van der Waals surface area contributed by atoms with Crippen LogP contribution in [-0.4, -0.2) is 5.11 Å². The van der Waals surface area contributed by atoms with Crippen LogP contribution in [0.4, 0.5) is 4.39 Å². The van der Waals surface area contributed by atoms with Crippen molar-refractivity contribution in [3.63, 3.8) is 0 Å². The number of benzene rings is 1. The van der Waals surface area contributed by atoms with E-state index in [4.69, 9.17) is 0 Å². The highest BCUT2D eigenvalue weighted by Gasteiger charge is 2.62. The standard InChI is InChI=1S/C17H20FNO/c1-2-17(20,14-5-3-4-6-15(14)18)16(11-19)10-12-7-8-13(16)9-12/h3-6,12-13,20H,2,7-10H2,1H3. The number of hydrogen-bond acceptors (Lipinski definition) is 2. The molecule has 106 valence electrons. The first-order valence-electron chi connectivity index (χ1n) is 7.46. The van der Waals surface area contributed by atoms with Crippen molar-refractivity contribution >= 4 is 0 Å². The van der Waals surface area contributed by atoms with Crippen molar-refractivity contribution in [2.75, 3.05) is 0 Å². The Morgan fingerprint density at radius 1 is 1.45 bits per heavy atom. The summed E-state index contributed by atoms with van der Waals surface area (Å²) in [6.45, 7) is 1.84. The first kappa shape index (κ1) is 13.6. The molecule has 3 heteroatoms. The fourth-order valence-electron chi connectivity index (χ4n) is 4.61. The summed E-state index contributed by atoms with van der Waals surface area (Å²) < 4.78 is 14.2. The van der Waals surface area contributed by atoms with Gasteiger partial charge in [-0.15, -0.1) is 0 Å². The third kappa shape index (κ3) is 1.58. The van der Waals surface area contributed by atoms with Gasteiger partial charge >= 0.3 is 0 Å². The normalized spacial score (nSPS) is 34.7. The van der Waals surface area contributed by atoms with E-state index in [1.165, 1.54) is 6.07 Å². The third-order valence-corrected chi connectivity index (χ3v) is 5.62. The fraction of sp³-hybridized carbons (Fsp3) is 0.588. The van der Waals surface area contributed by atoms with Gasteiger partial charge in [0, 0.05) is 5.56 Å². The van der Waals surface area contributed by atoms with Gasteiger partial charge in [-0.25, -0.2) is 4.39 Å². The number of nitriles is 1. The summed E-state index contributed by atoms with van der Waals surface area (Å²) >= 11 is 0. The van der Waals surface area contributed by atoms with Gasteiger partial charge in [0.1, 0.15) is 11.4 Å². The predicted octanol–water partition coefficient (Wildman–Crippen LogP) is 3.75. The molecule has 0 aromatic heterocycles. The highest BCUT2D eigenvalue weighted by atomic mass is 19.1. The van der Waals surface area contributed by atoms with Gasteiger partial charge in [0.2, 0.25) is 0 Å². The molecule has 2 saturated carbocycles. The van der Waals surface area contributed by atoms with E-state index in [1.54, 1.807) is 18.2 Å². The molecule has 0 saturated heterocycles. The lowest BCUT2D eigenvalue weighted by Crippen LogP contribution is -2.48. The van der Waals surface area contributed by atoms with E-state index in [0.717, 1.165) is 19.3 Å². The summed E-state index contributed by atoms with van der Waals surface area (Å²) in [5, 5.41) is 21.1. The molecule has 0 spiro atoms. The van der Waals surface area contributed by atoms with E-state index in [-0.39, 0.29) is 11.5 Å². The average molecular weight is 273 g/mol. The molecule has 4 unspecified atom stereocenters. The molecule has 1 aromatic carbocycles. The molecule has 0 amide bonds. The minimum absolute atomic E-state index is 0.196. The van der Waals surface area contributed by atoms with Crippen molar-refractivity contribution in [1.82, 2.24) is 0 Å². The van der Waals surface area contributed by atoms with Gasteiger partial charge in [-0.05, 0) is 43.6 Å². The van der Waals surface area contributed by atoms with Crippen LogP contribution in [0.25, 0.3) is 0 Å². The Balaban J connectivity index is 2.13. The van der Waals surface area contributed by atoms with Crippen molar-refractivity contribution in [3.05, 3.63) is 35.6 Å². The number of aliphatic hydroxyl groups is 1. The zero-order chi connectivity index (χ0) is 14.4. The Hall–Kier alpha value is -1.40. The Morgan fingerprint density at radius 3 is 2.70 bits per heavy atom. The molecule has 20 heavy (non-hydrogen) atoms. The van der Waals surface area contributed by atoms with Gasteiger partial charge in [0.05, 0.1) is 11.5 Å². The van der Waals surface area contributed by atoms with E-state index in [1.807, 2.05) is 6.92 Å². The maximum Gasteiger partial charge on any atom is 0.129 e. The topological polar surface area (TPSA) is 44.0 Å². The second-order valence-electron chi connectivity index (χ2n) is 6.36. The molecule has 2 aliphatic rings. The van der Waals surface area contributed by atoms with Crippen LogP contribution < -0.4 is 0 Å². The van der Waals surface area contributed by atoms with Crippen LogP contribution in [0, 0.1) is 34.4 Å². The fourth-order valence-corrected chi connectivity index (χ4v) is 4.61. The smallest absolute Gasteiger partial charge is 0.129 e. The molecule has 1 N–H and O–H groups in total. The molecule has 4 atom stereocenters. The Kier molecular flexibility index (Phi) is 3.10. The summed E-state index contributed by atoms with van der Waals surface area (Å²) in [4.78, 5) is 0. The van der Waals surface area contributed by atoms with Gasteiger partial charge in [0.25, 0.3) is 0 Å². The number of hydrogen-bond donors (Lipinski definition) is 1. The molecule has 0 aliphatic heterocycles. The maximum atomic E-state index is 14.2. The van der Waals surface area contributed by atoms with Gasteiger partial charge in [-0.2, -0.15) is 5.26 Å². The summed E-state index contributed by atoms with van der Waals surface area (Å²) in [7, 11) is 0. The van der Waals surface area contributed by atoms with Crippen LogP contribution >= 0.6 is 0 Å². The molecule has 0 heterocycles. The molecular formula is C17H20FNO. The van der Waals surface area contributed by atoms with Gasteiger partial charge in [-0.3, -0.25) is 0 Å². The number of rotatable bonds is 3. The summed E-state index contributed by atoms with van der Waals surface area (Å²) in [5.41, 5.74) is -1.92. The minimum Gasteiger partial charge on any atom is -0.383 e. The Morgan fingerprint density at radius 2 is 2.20 bits per heavy atom. The molecule has 2 nitrogen and oxygen atoms in total. The molecule has 3 rings (SSSR count). The lowest BCUT2D eigenvalue weighted by molar-refractivity contribution is -0.0938. The van der Waals surface area contributed by atoms with E-state index >= 15 is 0 Å². The lowest BCUT2D eigenvalue weighted by Gasteiger charge is -2.45. The summed E-state index contributed by atoms with van der Waals surface area (Å²) in [6, 6.07) is 8.76. The largest absolute Gasteiger partial charge is 0.383 e. The molecule has 0 radical (unpaired) electrons. The van der Waals surface area contributed by atoms with E-state index in [0.29, 0.717) is 18.8 Å². The summed E-state index contributed by atoms with van der Waals surface area (Å²) in [5.74, 6) is 0.306. The first-order valence-corrected chi connectivity index (χ1v) is 7.46. The minimum atomic E-state index is -1.38. The second kappa shape index (κ2) is 4.56. The van der Waals surface area contributed by atoms with Crippen LogP contribution in [0.2, 0.25) is 0 Å². The van der Waals surface area contributed by atoms with Crippen LogP contribution in [0.15, 0.2) is 24.3 Å². The Labute approximate surface area is 119 Å². The zero-order valence-electron chi connectivity index (χ0n) is 11.8. The lowest BCUT2D eigenvalue weighted by atomic mass is 9.60. The van der Waals surface area contributed by atoms with Crippen LogP contribution in [0.5, 0.6) is 0 Å². The zero-order valence-corrected chi connectivity index (χ0v) is 11.8. The van der Waals surface area contributed by atoms with Crippen LogP contribution in [0.1, 0.15) is 44.6 Å². The second-order valence-corrected chi connectivity index (χ2v) is 6.36. The van der Waals surface area contributed by atoms with Crippen molar-refractivity contribution in [2.45, 2.75) is 44.6 Å². The third-order valence-electron chi connectivity index (χ3n) is 5.62. The first-order chi connectivity index (χ1) is 9.57. The molecule has 1 aromatic rings. The maximum absolute atomic E-state index is 14.2. The quantitative estimate of drug-likeness (QED) is 0.911. The van der Waals surface area contributed by atoms with Crippen molar-refractivity contribution < 1.29 is 9.50 Å². The van der Waals surface area contributed by atoms with E-state index in [2.05, 4.69) is 6.07 Å². The van der Waals surface area contributed by atoms with E-state index < -0.39 is 16.8 Å². The van der Waals surface area contributed by atoms with Gasteiger partial charge in [-0.1, -0.05) is 31.5 Å². The molecular weight excluding hydrogens is 253 g/mol. The SMILES string of the molecule is CCC(O)(c1ccccc1F)C1(C#N)CC2CCC1C2. The van der Waals surface area contributed by atoms with Crippen LogP contribution in [0.3, 0.4) is 0 Å². The van der Waals surface area contributed by atoms with Crippen molar-refractivity contribution in [3.8, 4) is 6.07 Å². The average Bonchev–Trinajstić information content (AvgIpc) is 3.08. The molecule has 2 fully saturated rings.